The van der Waals surface area contributed by atoms with Crippen molar-refractivity contribution in [3.63, 3.8) is 0 Å². The molecule has 0 unspecified atom stereocenters. The first-order valence-corrected chi connectivity index (χ1v) is 5.85. The van der Waals surface area contributed by atoms with Crippen molar-refractivity contribution in [1.82, 2.24) is 0 Å². The molecule has 0 N–H and O–H groups in total. The van der Waals surface area contributed by atoms with Crippen molar-refractivity contribution >= 4 is 11.8 Å². The highest BCUT2D eigenvalue weighted by atomic mass is 32.2. The van der Waals surface area contributed by atoms with Crippen LogP contribution in [0.3, 0.4) is 0 Å². The van der Waals surface area contributed by atoms with Crippen LogP contribution in [0.2, 0.25) is 0 Å². The minimum atomic E-state index is 0.193. The normalized spacial score (nSPS) is 17.4. The summed E-state index contributed by atoms with van der Waals surface area (Å²) in [5.41, 5.74) is 1.47. The van der Waals surface area contributed by atoms with E-state index in [-0.39, 0.29) is 5.41 Å². The third-order valence-corrected chi connectivity index (χ3v) is 3.45. The minimum absolute atomic E-state index is 0.193. The van der Waals surface area contributed by atoms with Crippen LogP contribution in [0.4, 0.5) is 0 Å². The van der Waals surface area contributed by atoms with Gasteiger partial charge in [-0.2, -0.15) is 0 Å². The predicted octanol–water partition coefficient (Wildman–Crippen LogP) is 3.43. The summed E-state index contributed by atoms with van der Waals surface area (Å²) >= 11 is 1.42. The van der Waals surface area contributed by atoms with Crippen LogP contribution in [-0.2, 0) is 5.41 Å². The Morgan fingerprint density at radius 3 is 3.00 bits per heavy atom. The molecule has 2 rings (SSSR count). The van der Waals surface area contributed by atoms with Gasteiger partial charge in [0.05, 0.1) is 6.61 Å². The van der Waals surface area contributed by atoms with Gasteiger partial charge in [0.1, 0.15) is 5.75 Å². The molecule has 0 aliphatic carbocycles. The summed E-state index contributed by atoms with van der Waals surface area (Å²) in [6.45, 7) is 5.30. The molecule has 1 aromatic carbocycles. The molecule has 0 saturated carbocycles. The molecule has 0 radical (unpaired) electrons. The Kier molecular flexibility index (Phi) is 2.67. The third-order valence-electron chi connectivity index (χ3n) is 2.84. The minimum Gasteiger partial charge on any atom is -0.493 e. The summed E-state index contributed by atoms with van der Waals surface area (Å²) in [6, 6.07) is 6.19. The Hall–Kier alpha value is -1.07. The van der Waals surface area contributed by atoms with Crippen LogP contribution >= 0.6 is 11.8 Å². The molecule has 0 amide bonds. The Bertz CT molecular complexity index is 415. The molecule has 0 aromatic heterocycles. The molecule has 0 bridgehead atoms. The fraction of sp³-hybridized carbons (Fsp3) is 0.385. The number of hydrogen-bond acceptors (Lipinski definition) is 2. The molecule has 1 aliphatic heterocycles. The summed E-state index contributed by atoms with van der Waals surface area (Å²) in [5, 5.41) is 2.59. The third kappa shape index (κ3) is 1.98. The van der Waals surface area contributed by atoms with E-state index in [1.54, 1.807) is 0 Å². The van der Waals surface area contributed by atoms with Gasteiger partial charge in [-0.1, -0.05) is 13.8 Å². The molecule has 0 saturated heterocycles. The van der Waals surface area contributed by atoms with E-state index >= 15 is 0 Å². The maximum Gasteiger partial charge on any atom is 0.123 e. The Labute approximate surface area is 95.2 Å². The van der Waals surface area contributed by atoms with Gasteiger partial charge in [0.25, 0.3) is 0 Å². The van der Waals surface area contributed by atoms with Crippen molar-refractivity contribution in [2.24, 2.45) is 0 Å². The van der Waals surface area contributed by atoms with Gasteiger partial charge in [-0.25, -0.2) is 0 Å². The fourth-order valence-corrected chi connectivity index (χ4v) is 2.30. The zero-order chi connectivity index (χ0) is 10.9. The van der Waals surface area contributed by atoms with Crippen molar-refractivity contribution in [3.05, 3.63) is 23.8 Å². The van der Waals surface area contributed by atoms with E-state index in [1.165, 1.54) is 17.3 Å². The van der Waals surface area contributed by atoms with E-state index in [0.717, 1.165) is 23.7 Å². The zero-order valence-corrected chi connectivity index (χ0v) is 9.86. The SMILES string of the molecule is C#CSc1ccc2c(c1)C(C)(C)CCO2. The number of thioether (sulfide) groups is 1. The molecule has 1 nitrogen and oxygen atoms in total. The van der Waals surface area contributed by atoms with E-state index in [0.29, 0.717) is 0 Å². The number of terminal acetylenes is 1. The highest BCUT2D eigenvalue weighted by molar-refractivity contribution is 8.03. The quantitative estimate of drug-likeness (QED) is 0.527. The van der Waals surface area contributed by atoms with Crippen molar-refractivity contribution in [1.29, 1.82) is 0 Å². The lowest BCUT2D eigenvalue weighted by molar-refractivity contribution is 0.233. The van der Waals surface area contributed by atoms with Crippen LogP contribution in [0.1, 0.15) is 25.8 Å². The van der Waals surface area contributed by atoms with Crippen molar-refractivity contribution in [3.8, 4) is 17.4 Å². The Morgan fingerprint density at radius 2 is 2.27 bits per heavy atom. The molecular weight excluding hydrogens is 204 g/mol. The topological polar surface area (TPSA) is 9.23 Å². The summed E-state index contributed by atoms with van der Waals surface area (Å²) in [4.78, 5) is 1.12. The van der Waals surface area contributed by atoms with E-state index in [1.807, 2.05) is 12.1 Å². The highest BCUT2D eigenvalue weighted by Gasteiger charge is 2.28. The largest absolute Gasteiger partial charge is 0.493 e. The lowest BCUT2D eigenvalue weighted by Crippen LogP contribution is -2.26. The van der Waals surface area contributed by atoms with Gasteiger partial charge in [-0.3, -0.25) is 0 Å². The van der Waals surface area contributed by atoms with Crippen LogP contribution in [0.15, 0.2) is 23.1 Å². The van der Waals surface area contributed by atoms with Crippen LogP contribution in [-0.4, -0.2) is 6.61 Å². The summed E-state index contributed by atoms with van der Waals surface area (Å²) in [7, 11) is 0. The van der Waals surface area contributed by atoms with Crippen molar-refractivity contribution < 1.29 is 4.74 Å². The standard InChI is InChI=1S/C13H14OS/c1-4-15-10-5-6-12-11(9-10)13(2,3)7-8-14-12/h1,5-6,9H,7-8H2,2-3H3. The molecule has 15 heavy (non-hydrogen) atoms. The van der Waals surface area contributed by atoms with E-state index in [9.17, 15) is 0 Å². The number of fused-ring (bicyclic) bond motifs is 1. The van der Waals surface area contributed by atoms with E-state index in [2.05, 4.69) is 25.2 Å². The first kappa shape index (κ1) is 10.4. The number of benzene rings is 1. The van der Waals surface area contributed by atoms with Crippen LogP contribution in [0.25, 0.3) is 0 Å². The summed E-state index contributed by atoms with van der Waals surface area (Å²) in [6.07, 6.45) is 6.35. The predicted molar refractivity (Wildman–Crippen MR) is 64.3 cm³/mol. The molecule has 78 valence electrons. The van der Waals surface area contributed by atoms with Gasteiger partial charge in [0.15, 0.2) is 0 Å². The molecule has 0 fully saturated rings. The second kappa shape index (κ2) is 3.83. The average Bonchev–Trinajstić information content (AvgIpc) is 2.19. The molecule has 0 atom stereocenters. The first-order chi connectivity index (χ1) is 7.13. The van der Waals surface area contributed by atoms with Crippen LogP contribution < -0.4 is 4.74 Å². The fourth-order valence-electron chi connectivity index (χ4n) is 1.85. The zero-order valence-electron chi connectivity index (χ0n) is 9.04. The van der Waals surface area contributed by atoms with Gasteiger partial charge >= 0.3 is 0 Å². The lowest BCUT2D eigenvalue weighted by Gasteiger charge is -2.32. The van der Waals surface area contributed by atoms with Gasteiger partial charge in [-0.05, 0) is 47.0 Å². The van der Waals surface area contributed by atoms with Crippen LogP contribution in [0, 0.1) is 11.7 Å². The number of hydrogen-bond donors (Lipinski definition) is 0. The second-order valence-electron chi connectivity index (χ2n) is 4.36. The molecule has 0 spiro atoms. The number of rotatable bonds is 1. The summed E-state index contributed by atoms with van der Waals surface area (Å²) in [5.74, 6) is 1.01. The second-order valence-corrected chi connectivity index (χ2v) is 5.27. The van der Waals surface area contributed by atoms with Gasteiger partial charge in [0.2, 0.25) is 0 Å². The van der Waals surface area contributed by atoms with Crippen LogP contribution in [0.5, 0.6) is 5.75 Å². The average molecular weight is 218 g/mol. The van der Waals surface area contributed by atoms with E-state index < -0.39 is 0 Å². The summed E-state index contributed by atoms with van der Waals surface area (Å²) < 4.78 is 5.63. The maximum absolute atomic E-state index is 5.63. The Morgan fingerprint density at radius 1 is 1.47 bits per heavy atom. The highest BCUT2D eigenvalue weighted by Crippen LogP contribution is 2.39. The van der Waals surface area contributed by atoms with Crippen molar-refractivity contribution in [2.45, 2.75) is 30.6 Å². The monoisotopic (exact) mass is 218 g/mol. The molecule has 1 heterocycles. The van der Waals surface area contributed by atoms with E-state index in [4.69, 9.17) is 11.2 Å². The van der Waals surface area contributed by atoms with Gasteiger partial charge in [0, 0.05) is 10.5 Å². The maximum atomic E-state index is 5.63. The molecular formula is C13H14OS. The Balaban J connectivity index is 2.45. The van der Waals surface area contributed by atoms with Crippen molar-refractivity contribution in [2.75, 3.05) is 6.61 Å². The first-order valence-electron chi connectivity index (χ1n) is 5.03. The van der Waals surface area contributed by atoms with Gasteiger partial charge in [-0.15, -0.1) is 6.42 Å². The number of ether oxygens (including phenoxy) is 1. The lowest BCUT2D eigenvalue weighted by atomic mass is 9.80. The molecule has 1 aliphatic rings. The smallest absolute Gasteiger partial charge is 0.123 e. The molecule has 2 heteroatoms. The molecule has 1 aromatic rings. The van der Waals surface area contributed by atoms with Gasteiger partial charge < -0.3 is 4.74 Å².